The number of nitrogens with zero attached hydrogens (tertiary/aromatic N) is 6. The van der Waals surface area contributed by atoms with E-state index in [9.17, 15) is 19.8 Å². The van der Waals surface area contributed by atoms with Gasteiger partial charge in [-0.15, -0.1) is 11.3 Å². The van der Waals surface area contributed by atoms with Crippen LogP contribution in [0.3, 0.4) is 0 Å². The molecule has 15 heteroatoms. The number of imidazole rings is 1. The number of aliphatic hydroxyl groups excluding tert-OH is 1. The molecule has 1 saturated heterocycles. The van der Waals surface area contributed by atoms with Crippen LogP contribution in [0.15, 0.2) is 77.0 Å². The van der Waals surface area contributed by atoms with Crippen molar-refractivity contribution in [3.8, 4) is 45.2 Å². The lowest BCUT2D eigenvalue weighted by molar-refractivity contribution is -0.141. The van der Waals surface area contributed by atoms with E-state index in [1.165, 1.54) is 4.90 Å². The molecule has 0 saturated carbocycles. The van der Waals surface area contributed by atoms with Gasteiger partial charge in [0.05, 0.1) is 46.1 Å². The molecular weight excluding hydrogens is 745 g/mol. The second-order valence-corrected chi connectivity index (χ2v) is 15.3. The Hall–Kier alpha value is -6.24. The average molecular weight is 789 g/mol. The number of hydrogen-bond acceptors (Lipinski definition) is 12. The molecule has 294 valence electrons. The molecule has 2 aromatic carbocycles. The number of thiazole rings is 1. The highest BCUT2D eigenvalue weighted by molar-refractivity contribution is 7.13. The zero-order chi connectivity index (χ0) is 40.2. The Morgan fingerprint density at radius 2 is 1.91 bits per heavy atom. The number of phenols is 1. The fourth-order valence-corrected chi connectivity index (χ4v) is 7.76. The van der Waals surface area contributed by atoms with E-state index in [1.54, 1.807) is 52.4 Å². The van der Waals surface area contributed by atoms with E-state index in [4.69, 9.17) is 15.0 Å². The van der Waals surface area contributed by atoms with Crippen LogP contribution in [-0.2, 0) is 9.59 Å². The minimum absolute atomic E-state index is 0.0348. The third-order valence-corrected chi connectivity index (χ3v) is 10.9. The van der Waals surface area contributed by atoms with Crippen molar-refractivity contribution < 1.29 is 29.1 Å². The van der Waals surface area contributed by atoms with Gasteiger partial charge in [0, 0.05) is 43.4 Å². The maximum absolute atomic E-state index is 14.1. The van der Waals surface area contributed by atoms with E-state index in [0.29, 0.717) is 47.8 Å². The number of likely N-dealkylation sites (tertiary alicyclic amines) is 1. The van der Waals surface area contributed by atoms with Crippen molar-refractivity contribution in [3.05, 3.63) is 95.1 Å². The second kappa shape index (κ2) is 16.9. The lowest BCUT2D eigenvalue weighted by Gasteiger charge is -2.29. The molecule has 57 heavy (non-hydrogen) atoms. The molecule has 5 heterocycles. The van der Waals surface area contributed by atoms with Crippen LogP contribution in [0.5, 0.6) is 11.6 Å². The molecule has 14 nitrogen and oxygen atoms in total. The number of nitrogen functional groups attached to an aromatic ring is 1. The van der Waals surface area contributed by atoms with Crippen LogP contribution in [0.25, 0.3) is 27.5 Å². The first-order valence-corrected chi connectivity index (χ1v) is 19.7. The summed E-state index contributed by atoms with van der Waals surface area (Å²) in [7, 11) is 0. The zero-order valence-electron chi connectivity index (χ0n) is 32.0. The van der Waals surface area contributed by atoms with E-state index < -0.39 is 18.1 Å². The van der Waals surface area contributed by atoms with Crippen molar-refractivity contribution in [3.63, 3.8) is 0 Å². The summed E-state index contributed by atoms with van der Waals surface area (Å²) < 4.78 is 13.2. The first-order valence-electron chi connectivity index (χ1n) is 18.8. The van der Waals surface area contributed by atoms with Crippen LogP contribution >= 0.6 is 11.3 Å². The predicted molar refractivity (Wildman–Crippen MR) is 215 cm³/mol. The number of para-hydroxylation sites is 1. The number of unbranched alkanes of at least 4 members (excludes halogenated alkanes) is 1. The highest BCUT2D eigenvalue weighted by atomic mass is 32.1. The van der Waals surface area contributed by atoms with Gasteiger partial charge in [0.25, 0.3) is 5.88 Å². The van der Waals surface area contributed by atoms with Gasteiger partial charge in [-0.1, -0.05) is 62.1 Å². The van der Waals surface area contributed by atoms with Crippen molar-refractivity contribution in [1.82, 2.24) is 34.7 Å². The summed E-state index contributed by atoms with van der Waals surface area (Å²) in [4.78, 5) is 43.4. The fraction of sp³-hybridized carbons (Fsp3) is 0.333. The largest absolute Gasteiger partial charge is 0.507 e. The summed E-state index contributed by atoms with van der Waals surface area (Å²) in [6.45, 7) is 7.99. The number of aromatic nitrogens is 5. The molecule has 5 N–H and O–H groups in total. The standard InChI is InChI=1S/C42H44N8O6S/c1-24(2)37(41(54)50-21-30(51)18-33(50)40(53)45-25(3)27-13-15-28(16-14-27)38-26(4)44-23-57-38)35-19-36(48-56-35)55-17-9-5-6-10-29-20-49-22-32(46-42(49)47-39(29)43)31-11-7-8-12-34(31)52/h7-8,11-16,19-20,22-25,30,33,37,51-52H,5,9,17-18,21H2,1-4H3,(H,45,53)(H2,43,46,47)/t25-,30+,33-,37-/m0/s1. The van der Waals surface area contributed by atoms with Crippen LogP contribution < -0.4 is 15.8 Å². The number of benzene rings is 2. The predicted octanol–water partition coefficient (Wildman–Crippen LogP) is 5.89. The molecule has 0 unspecified atom stereocenters. The van der Waals surface area contributed by atoms with Crippen molar-refractivity contribution in [2.24, 2.45) is 5.92 Å². The van der Waals surface area contributed by atoms with Crippen LogP contribution in [-0.4, -0.2) is 76.7 Å². The molecule has 0 spiro atoms. The van der Waals surface area contributed by atoms with Crippen molar-refractivity contribution in [2.75, 3.05) is 18.9 Å². The van der Waals surface area contributed by atoms with Crippen LogP contribution in [0.2, 0.25) is 0 Å². The lowest BCUT2D eigenvalue weighted by Crippen LogP contribution is -2.48. The molecule has 4 atom stereocenters. The number of carbonyl (C=O) groups is 2. The van der Waals surface area contributed by atoms with Crippen LogP contribution in [0.4, 0.5) is 5.82 Å². The SMILES string of the molecule is Cc1ncsc1-c1ccc([C@H](C)NC(=O)[C@@H]2C[C@@H](O)CN2C(=O)[C@H](c2cc(OCCCC#Cc3cn4cc(-c5ccccc5O)nc4nc3N)no2)C(C)C)cc1. The van der Waals surface area contributed by atoms with E-state index in [-0.39, 0.29) is 54.2 Å². The third-order valence-electron chi connectivity index (χ3n) is 9.96. The number of hydrogen-bond donors (Lipinski definition) is 4. The smallest absolute Gasteiger partial charge is 0.254 e. The molecule has 0 aliphatic carbocycles. The number of fused-ring (bicyclic) bond motifs is 1. The number of amides is 2. The number of β-amino-alcohol motifs (C(OH)–C–C–N with tert-alkyl or cyclic N) is 1. The first-order chi connectivity index (χ1) is 27.5. The number of anilines is 1. The van der Waals surface area contributed by atoms with Gasteiger partial charge in [-0.2, -0.15) is 4.98 Å². The van der Waals surface area contributed by atoms with Gasteiger partial charge in [-0.3, -0.25) is 14.0 Å². The Kier molecular flexibility index (Phi) is 11.5. The number of rotatable bonds is 12. The van der Waals surface area contributed by atoms with Gasteiger partial charge in [-0.25, -0.2) is 9.97 Å². The normalized spacial score (nSPS) is 16.4. The highest BCUT2D eigenvalue weighted by Gasteiger charge is 2.43. The topological polar surface area (TPSA) is 194 Å². The molecular formula is C42H44N8O6S. The fourth-order valence-electron chi connectivity index (χ4n) is 6.95. The summed E-state index contributed by atoms with van der Waals surface area (Å²) in [6, 6.07) is 15.4. The molecule has 0 bridgehead atoms. The number of aryl methyl sites for hydroxylation is 1. The summed E-state index contributed by atoms with van der Waals surface area (Å²) in [5.41, 5.74) is 12.6. The van der Waals surface area contributed by atoms with E-state index in [0.717, 1.165) is 21.7 Å². The summed E-state index contributed by atoms with van der Waals surface area (Å²) >= 11 is 1.58. The number of phenolic OH excluding ortho intramolecular Hbond substituents is 1. The summed E-state index contributed by atoms with van der Waals surface area (Å²) in [6.07, 6.45) is 3.89. The van der Waals surface area contributed by atoms with Gasteiger partial charge in [0.2, 0.25) is 17.6 Å². The third kappa shape index (κ3) is 8.62. The maximum atomic E-state index is 14.1. The van der Waals surface area contributed by atoms with Gasteiger partial charge in [0.1, 0.15) is 23.5 Å². The molecule has 1 aliphatic heterocycles. The number of nitrogens with two attached hydrogens (primary N) is 1. The molecule has 1 fully saturated rings. The summed E-state index contributed by atoms with van der Waals surface area (Å²) in [5.74, 6) is 5.87. The molecule has 6 aromatic rings. The van der Waals surface area contributed by atoms with Gasteiger partial charge in [-0.05, 0) is 54.6 Å². The molecule has 0 radical (unpaired) electrons. The summed E-state index contributed by atoms with van der Waals surface area (Å²) in [5, 5.41) is 27.9. The Morgan fingerprint density at radius 1 is 1.12 bits per heavy atom. The zero-order valence-corrected chi connectivity index (χ0v) is 32.9. The van der Waals surface area contributed by atoms with Gasteiger partial charge in [0.15, 0.2) is 5.76 Å². The number of carbonyl (C=O) groups excluding carboxylic acids is 2. The van der Waals surface area contributed by atoms with E-state index in [1.807, 2.05) is 63.5 Å². The van der Waals surface area contributed by atoms with E-state index >= 15 is 0 Å². The first kappa shape index (κ1) is 39.0. The Bertz CT molecular complexity index is 2450. The highest BCUT2D eigenvalue weighted by Crippen LogP contribution is 2.33. The monoisotopic (exact) mass is 788 g/mol. The van der Waals surface area contributed by atoms with E-state index in [2.05, 4.69) is 37.3 Å². The minimum atomic E-state index is -0.843. The molecule has 1 aliphatic rings. The quantitative estimate of drug-likeness (QED) is 0.0853. The van der Waals surface area contributed by atoms with Gasteiger partial charge >= 0.3 is 0 Å². The number of ether oxygens (including phenoxy) is 1. The van der Waals surface area contributed by atoms with Gasteiger partial charge < -0.3 is 35.4 Å². The molecule has 2 amide bonds. The van der Waals surface area contributed by atoms with Crippen LogP contribution in [0.1, 0.15) is 74.6 Å². The Labute approximate surface area is 333 Å². The van der Waals surface area contributed by atoms with Crippen molar-refractivity contribution in [1.29, 1.82) is 0 Å². The molecule has 7 rings (SSSR count). The number of aromatic hydroxyl groups is 1. The second-order valence-electron chi connectivity index (χ2n) is 14.4. The van der Waals surface area contributed by atoms with Crippen LogP contribution in [0, 0.1) is 24.7 Å². The Morgan fingerprint density at radius 3 is 2.65 bits per heavy atom. The minimum Gasteiger partial charge on any atom is -0.507 e. The Balaban J connectivity index is 0.932. The number of aliphatic hydroxyl groups is 1. The van der Waals surface area contributed by atoms with Crippen molar-refractivity contribution >= 4 is 34.7 Å². The maximum Gasteiger partial charge on any atom is 0.254 e. The average Bonchev–Trinajstić information content (AvgIpc) is 4.00. The lowest BCUT2D eigenvalue weighted by atomic mass is 9.91. The van der Waals surface area contributed by atoms with Crippen molar-refractivity contribution in [2.45, 2.75) is 71.1 Å². The number of nitrogens with one attached hydrogen (secondary N) is 1. The molecule has 4 aromatic heterocycles.